The van der Waals surface area contributed by atoms with Crippen molar-refractivity contribution < 1.29 is 14.2 Å². The van der Waals surface area contributed by atoms with Gasteiger partial charge in [0.25, 0.3) is 0 Å². The van der Waals surface area contributed by atoms with Gasteiger partial charge in [0.1, 0.15) is 18.5 Å². The summed E-state index contributed by atoms with van der Waals surface area (Å²) in [5, 5.41) is 0. The molecule has 3 heteroatoms. The van der Waals surface area contributed by atoms with Crippen LogP contribution in [0.2, 0.25) is 0 Å². The third-order valence-corrected chi connectivity index (χ3v) is 4.30. The molecular formula is C20H22O3. The van der Waals surface area contributed by atoms with Crippen LogP contribution in [0.15, 0.2) is 61.4 Å². The molecule has 1 heterocycles. The molecule has 1 aliphatic rings. The zero-order chi connectivity index (χ0) is 16.1. The summed E-state index contributed by atoms with van der Waals surface area (Å²) in [7, 11) is 1.70. The van der Waals surface area contributed by atoms with Gasteiger partial charge in [0, 0.05) is 11.5 Å². The molecule has 0 aliphatic carbocycles. The van der Waals surface area contributed by atoms with Gasteiger partial charge in [0.05, 0.1) is 20.0 Å². The molecule has 0 spiro atoms. The van der Waals surface area contributed by atoms with Crippen LogP contribution in [0.5, 0.6) is 5.75 Å². The van der Waals surface area contributed by atoms with Crippen molar-refractivity contribution in [2.75, 3.05) is 20.3 Å². The van der Waals surface area contributed by atoms with Crippen LogP contribution < -0.4 is 4.74 Å². The maximum atomic E-state index is 6.19. The maximum Gasteiger partial charge on any atom is 0.125 e. The number of benzene rings is 2. The molecule has 0 aromatic heterocycles. The Bertz CT molecular complexity index is 651. The number of rotatable bonds is 5. The fourth-order valence-electron chi connectivity index (χ4n) is 3.18. The Kier molecular flexibility index (Phi) is 4.99. The van der Waals surface area contributed by atoms with Crippen molar-refractivity contribution >= 4 is 0 Å². The molecule has 0 N–H and O–H groups in total. The van der Waals surface area contributed by atoms with Crippen LogP contribution in [-0.4, -0.2) is 20.3 Å². The highest BCUT2D eigenvalue weighted by Crippen LogP contribution is 2.38. The van der Waals surface area contributed by atoms with Gasteiger partial charge in [-0.05, 0) is 23.6 Å². The molecule has 0 bridgehead atoms. The summed E-state index contributed by atoms with van der Waals surface area (Å²) in [6, 6.07) is 16.7. The number of ether oxygens (including phenoxy) is 3. The maximum absolute atomic E-state index is 6.19. The summed E-state index contributed by atoms with van der Waals surface area (Å²) in [4.78, 5) is 0. The van der Waals surface area contributed by atoms with E-state index in [0.717, 1.165) is 17.7 Å². The van der Waals surface area contributed by atoms with E-state index in [0.29, 0.717) is 19.1 Å². The second kappa shape index (κ2) is 7.34. The lowest BCUT2D eigenvalue weighted by Crippen LogP contribution is -2.13. The molecule has 0 radical (unpaired) electrons. The van der Waals surface area contributed by atoms with E-state index in [-0.39, 0.29) is 6.10 Å². The molecule has 0 fully saturated rings. The Hall–Kier alpha value is -2.26. The van der Waals surface area contributed by atoms with Crippen molar-refractivity contribution in [1.29, 1.82) is 0 Å². The lowest BCUT2D eigenvalue weighted by molar-refractivity contribution is 0.00373. The largest absolute Gasteiger partial charge is 0.499 e. The average molecular weight is 310 g/mol. The predicted molar refractivity (Wildman–Crippen MR) is 90.7 cm³/mol. The molecule has 0 amide bonds. The van der Waals surface area contributed by atoms with Gasteiger partial charge in [-0.25, -0.2) is 0 Å². The molecule has 120 valence electrons. The van der Waals surface area contributed by atoms with Crippen LogP contribution in [0.4, 0.5) is 0 Å². The lowest BCUT2D eigenvalue weighted by Gasteiger charge is -2.20. The first-order valence-electron chi connectivity index (χ1n) is 7.88. The van der Waals surface area contributed by atoms with Gasteiger partial charge < -0.3 is 14.2 Å². The summed E-state index contributed by atoms with van der Waals surface area (Å²) in [5.74, 6) is 1.18. The van der Waals surface area contributed by atoms with E-state index in [1.807, 2.05) is 18.2 Å². The SMILES string of the molecule is C=COCC1OCC(c2ccccc2)Cc2cccc(OC)c21. The van der Waals surface area contributed by atoms with Crippen molar-refractivity contribution in [3.63, 3.8) is 0 Å². The predicted octanol–water partition coefficient (Wildman–Crippen LogP) is 4.25. The van der Waals surface area contributed by atoms with E-state index in [9.17, 15) is 0 Å². The highest BCUT2D eigenvalue weighted by atomic mass is 16.5. The van der Waals surface area contributed by atoms with Gasteiger partial charge in [-0.3, -0.25) is 0 Å². The first-order valence-corrected chi connectivity index (χ1v) is 7.88. The van der Waals surface area contributed by atoms with E-state index >= 15 is 0 Å². The Morgan fingerprint density at radius 1 is 1.17 bits per heavy atom. The van der Waals surface area contributed by atoms with Gasteiger partial charge in [-0.15, -0.1) is 0 Å². The zero-order valence-corrected chi connectivity index (χ0v) is 13.4. The van der Waals surface area contributed by atoms with Crippen LogP contribution in [-0.2, 0) is 15.9 Å². The monoisotopic (exact) mass is 310 g/mol. The van der Waals surface area contributed by atoms with Gasteiger partial charge in [-0.2, -0.15) is 0 Å². The topological polar surface area (TPSA) is 27.7 Å². The number of fused-ring (bicyclic) bond motifs is 1. The molecule has 0 saturated carbocycles. The lowest BCUT2D eigenvalue weighted by atomic mass is 9.90. The van der Waals surface area contributed by atoms with E-state index in [1.165, 1.54) is 17.4 Å². The van der Waals surface area contributed by atoms with Crippen molar-refractivity contribution in [3.05, 3.63) is 78.1 Å². The molecule has 3 nitrogen and oxygen atoms in total. The van der Waals surface area contributed by atoms with Gasteiger partial charge in [-0.1, -0.05) is 49.0 Å². The molecule has 3 rings (SSSR count). The van der Waals surface area contributed by atoms with Gasteiger partial charge in [0.15, 0.2) is 0 Å². The Morgan fingerprint density at radius 3 is 2.74 bits per heavy atom. The highest BCUT2D eigenvalue weighted by molar-refractivity contribution is 5.44. The van der Waals surface area contributed by atoms with Crippen molar-refractivity contribution in [2.45, 2.75) is 18.4 Å². The fraction of sp³-hybridized carbons (Fsp3) is 0.300. The number of hydrogen-bond acceptors (Lipinski definition) is 3. The average Bonchev–Trinajstić information content (AvgIpc) is 2.80. The third kappa shape index (κ3) is 3.40. The second-order valence-corrected chi connectivity index (χ2v) is 5.67. The second-order valence-electron chi connectivity index (χ2n) is 5.67. The van der Waals surface area contributed by atoms with Crippen molar-refractivity contribution in [1.82, 2.24) is 0 Å². The normalized spacial score (nSPS) is 20.2. The van der Waals surface area contributed by atoms with Crippen LogP contribution >= 0.6 is 0 Å². The first-order chi connectivity index (χ1) is 11.3. The number of hydrogen-bond donors (Lipinski definition) is 0. The van der Waals surface area contributed by atoms with E-state index in [1.54, 1.807) is 7.11 Å². The zero-order valence-electron chi connectivity index (χ0n) is 13.4. The Morgan fingerprint density at radius 2 is 2.00 bits per heavy atom. The molecule has 0 saturated heterocycles. The minimum absolute atomic E-state index is 0.145. The summed E-state index contributed by atoms with van der Waals surface area (Å²) in [6.45, 7) is 4.72. The van der Waals surface area contributed by atoms with Crippen molar-refractivity contribution in [2.24, 2.45) is 0 Å². The minimum atomic E-state index is -0.145. The van der Waals surface area contributed by atoms with Gasteiger partial charge in [0.2, 0.25) is 0 Å². The Balaban J connectivity index is 1.96. The molecule has 2 aromatic carbocycles. The van der Waals surface area contributed by atoms with E-state index in [4.69, 9.17) is 14.2 Å². The summed E-state index contributed by atoms with van der Waals surface area (Å²) in [6.07, 6.45) is 2.24. The van der Waals surface area contributed by atoms with E-state index in [2.05, 4.69) is 36.9 Å². The summed E-state index contributed by atoms with van der Waals surface area (Å²) >= 11 is 0. The van der Waals surface area contributed by atoms with Crippen LogP contribution in [0.25, 0.3) is 0 Å². The molecule has 2 aromatic rings. The Labute approximate surface area is 137 Å². The fourth-order valence-corrected chi connectivity index (χ4v) is 3.18. The van der Waals surface area contributed by atoms with E-state index < -0.39 is 0 Å². The minimum Gasteiger partial charge on any atom is -0.499 e. The molecular weight excluding hydrogens is 288 g/mol. The number of methoxy groups -OCH3 is 1. The molecule has 1 aliphatic heterocycles. The summed E-state index contributed by atoms with van der Waals surface area (Å²) < 4.78 is 17.2. The molecule has 2 atom stereocenters. The first kappa shape index (κ1) is 15.6. The molecule has 2 unspecified atom stereocenters. The third-order valence-electron chi connectivity index (χ3n) is 4.30. The standard InChI is InChI=1S/C20H22O3/c1-3-22-14-19-20-16(10-7-11-18(20)21-2)12-17(13-23-19)15-8-5-4-6-9-15/h3-11,17,19H,1,12-14H2,2H3. The van der Waals surface area contributed by atoms with Crippen molar-refractivity contribution in [3.8, 4) is 5.75 Å². The van der Waals surface area contributed by atoms with Gasteiger partial charge >= 0.3 is 0 Å². The quantitative estimate of drug-likeness (QED) is 0.773. The smallest absolute Gasteiger partial charge is 0.125 e. The molecule has 23 heavy (non-hydrogen) atoms. The van der Waals surface area contributed by atoms with Crippen LogP contribution in [0.3, 0.4) is 0 Å². The van der Waals surface area contributed by atoms with Crippen LogP contribution in [0, 0.1) is 0 Å². The summed E-state index contributed by atoms with van der Waals surface area (Å²) in [5.41, 5.74) is 3.65. The highest BCUT2D eigenvalue weighted by Gasteiger charge is 2.28. The van der Waals surface area contributed by atoms with Crippen LogP contribution in [0.1, 0.15) is 28.7 Å².